The number of phenols is 1. The van der Waals surface area contributed by atoms with Crippen LogP contribution >= 0.6 is 0 Å². The third-order valence-electron chi connectivity index (χ3n) is 9.83. The lowest BCUT2D eigenvalue weighted by Crippen LogP contribution is -2.51. The van der Waals surface area contributed by atoms with Crippen LogP contribution in [0.5, 0.6) is 11.8 Å². The number of fused-ring (bicyclic) bond motifs is 4. The topological polar surface area (TPSA) is 73.8 Å². The molecule has 3 fully saturated rings. The van der Waals surface area contributed by atoms with E-state index in [2.05, 4.69) is 34.0 Å². The molecule has 236 valence electrons. The summed E-state index contributed by atoms with van der Waals surface area (Å²) < 4.78 is 54.2. The summed E-state index contributed by atoms with van der Waals surface area (Å²) in [5.41, 5.74) is -1.30. The second kappa shape index (κ2) is 11.4. The van der Waals surface area contributed by atoms with Crippen molar-refractivity contribution in [3.05, 3.63) is 53.3 Å². The summed E-state index contributed by atoms with van der Waals surface area (Å²) in [4.78, 5) is 13.5. The molecular weight excluding hydrogens is 591 g/mol. The molecule has 1 aromatic heterocycles. The number of halogens is 3. The number of likely N-dealkylation sites (tertiary alicyclic amines) is 1. The van der Waals surface area contributed by atoms with Crippen LogP contribution in [0.1, 0.15) is 31.7 Å². The van der Waals surface area contributed by atoms with Gasteiger partial charge in [0.2, 0.25) is 0 Å². The van der Waals surface area contributed by atoms with Gasteiger partial charge in [0.05, 0.1) is 17.7 Å². The number of anilines is 1. The molecule has 3 aliphatic heterocycles. The second-order valence-electron chi connectivity index (χ2n) is 13.2. The number of aromatic hydroxyl groups is 1. The zero-order valence-electron chi connectivity index (χ0n) is 25.7. The van der Waals surface area contributed by atoms with Gasteiger partial charge in [-0.25, -0.2) is 13.2 Å². The first-order chi connectivity index (χ1) is 22.1. The lowest BCUT2D eigenvalue weighted by molar-refractivity contribution is 0.0353. The molecule has 0 saturated carbocycles. The summed E-state index contributed by atoms with van der Waals surface area (Å²) in [5, 5.41) is 14.7. The first-order valence-electron chi connectivity index (χ1n) is 15.5. The molecule has 3 aliphatic rings. The minimum Gasteiger partial charge on any atom is -0.508 e. The minimum atomic E-state index is -0.995. The number of hydrogen-bond acceptors (Lipinski definition) is 7. The Hall–Kier alpha value is -4.51. The minimum absolute atomic E-state index is 0.0327. The van der Waals surface area contributed by atoms with Crippen LogP contribution in [0.3, 0.4) is 0 Å². The summed E-state index contributed by atoms with van der Waals surface area (Å²) in [6, 6.07) is 6.73. The van der Waals surface area contributed by atoms with Crippen LogP contribution in [0, 0.1) is 53.5 Å². The highest BCUT2D eigenvalue weighted by atomic mass is 19.1. The van der Waals surface area contributed by atoms with Gasteiger partial charge in [-0.2, -0.15) is 9.97 Å². The van der Waals surface area contributed by atoms with Crippen molar-refractivity contribution in [2.45, 2.75) is 38.3 Å². The zero-order valence-corrected chi connectivity index (χ0v) is 25.7. The van der Waals surface area contributed by atoms with E-state index in [1.807, 2.05) is 11.9 Å². The van der Waals surface area contributed by atoms with E-state index in [9.17, 15) is 9.50 Å². The predicted octanol–water partition coefficient (Wildman–Crippen LogP) is 5.46. The maximum atomic E-state index is 16.9. The highest BCUT2D eigenvalue weighted by molar-refractivity contribution is 6.04. The lowest BCUT2D eigenvalue weighted by atomic mass is 9.73. The molecule has 2 bridgehead atoms. The largest absolute Gasteiger partial charge is 0.508 e. The molecule has 3 aromatic carbocycles. The molecule has 4 heterocycles. The number of piperazine rings is 1. The maximum Gasteiger partial charge on any atom is 0.319 e. The Kier molecular flexibility index (Phi) is 7.46. The Morgan fingerprint density at radius 3 is 2.54 bits per heavy atom. The highest BCUT2D eigenvalue weighted by Crippen LogP contribution is 2.42. The van der Waals surface area contributed by atoms with E-state index in [4.69, 9.17) is 22.6 Å². The van der Waals surface area contributed by atoms with E-state index in [0.29, 0.717) is 30.8 Å². The Morgan fingerprint density at radius 2 is 1.83 bits per heavy atom. The number of phenolic OH excluding ortho intramolecular Hbond substituents is 1. The summed E-state index contributed by atoms with van der Waals surface area (Å²) >= 11 is 0. The number of rotatable bonds is 5. The summed E-state index contributed by atoms with van der Waals surface area (Å²) in [6.07, 6.45) is 14.4. The molecule has 2 N–H and O–H groups in total. The Labute approximate surface area is 265 Å². The van der Waals surface area contributed by atoms with Crippen LogP contribution in [0.2, 0.25) is 0 Å². The number of nitrogens with one attached hydrogen (secondary N) is 1. The fourth-order valence-electron chi connectivity index (χ4n) is 7.61. The highest BCUT2D eigenvalue weighted by Gasteiger charge is 2.39. The summed E-state index contributed by atoms with van der Waals surface area (Å²) in [5.74, 6) is 2.66. The monoisotopic (exact) mass is 625 g/mol. The SMILES string of the molecule is C#Cc1c(F)ccc2cc(O)cc(-c3c(F)cc4c(N5C[C@H]6CC[C@@H](C5)N6)nc(OC[C@@]5(C)CN(C)CC[C@@H]5C#C)nc4c3F)c12. The van der Waals surface area contributed by atoms with Crippen molar-refractivity contribution in [1.82, 2.24) is 20.2 Å². The van der Waals surface area contributed by atoms with E-state index < -0.39 is 28.4 Å². The van der Waals surface area contributed by atoms with Crippen LogP contribution in [0.15, 0.2) is 30.3 Å². The number of piperidine rings is 1. The third-order valence-corrected chi connectivity index (χ3v) is 9.83. The normalized spacial score (nSPS) is 24.7. The molecule has 0 radical (unpaired) electrons. The molecule has 0 amide bonds. The molecular formula is C36H34F3N5O2. The van der Waals surface area contributed by atoms with Gasteiger partial charge in [-0.3, -0.25) is 0 Å². The molecule has 0 unspecified atom stereocenters. The third kappa shape index (κ3) is 5.06. The van der Waals surface area contributed by atoms with E-state index in [-0.39, 0.29) is 63.8 Å². The van der Waals surface area contributed by atoms with E-state index >= 15 is 8.78 Å². The van der Waals surface area contributed by atoms with Gasteiger partial charge < -0.3 is 25.0 Å². The molecule has 4 aromatic rings. The Morgan fingerprint density at radius 1 is 1.07 bits per heavy atom. The number of hydrogen-bond donors (Lipinski definition) is 2. The molecule has 10 heteroatoms. The van der Waals surface area contributed by atoms with Gasteiger partial charge in [0.25, 0.3) is 0 Å². The first kappa shape index (κ1) is 30.2. The molecule has 3 saturated heterocycles. The number of nitrogens with zero attached hydrogens (tertiary/aromatic N) is 4. The van der Waals surface area contributed by atoms with Crippen molar-refractivity contribution in [3.8, 4) is 47.6 Å². The summed E-state index contributed by atoms with van der Waals surface area (Å²) in [7, 11) is 2.03. The van der Waals surface area contributed by atoms with Crippen molar-refractivity contribution in [2.75, 3.05) is 44.7 Å². The van der Waals surface area contributed by atoms with Crippen molar-refractivity contribution in [2.24, 2.45) is 11.3 Å². The zero-order chi connectivity index (χ0) is 32.3. The molecule has 0 aliphatic carbocycles. The Bertz CT molecular complexity index is 1960. The quantitative estimate of drug-likeness (QED) is 0.285. The first-order valence-corrected chi connectivity index (χ1v) is 15.5. The average Bonchev–Trinajstić information content (AvgIpc) is 3.37. The van der Waals surface area contributed by atoms with E-state index in [1.165, 1.54) is 24.3 Å². The number of terminal acetylenes is 2. The fraction of sp³-hybridized carbons (Fsp3) is 0.389. The van der Waals surface area contributed by atoms with Crippen molar-refractivity contribution < 1.29 is 23.0 Å². The van der Waals surface area contributed by atoms with Crippen molar-refractivity contribution >= 4 is 27.5 Å². The van der Waals surface area contributed by atoms with Crippen LogP contribution in [-0.4, -0.2) is 71.9 Å². The van der Waals surface area contributed by atoms with Gasteiger partial charge in [-0.05, 0) is 62.5 Å². The number of aromatic nitrogens is 2. The predicted molar refractivity (Wildman–Crippen MR) is 172 cm³/mol. The molecule has 0 spiro atoms. The molecule has 7 rings (SSSR count). The van der Waals surface area contributed by atoms with Crippen LogP contribution < -0.4 is 15.0 Å². The van der Waals surface area contributed by atoms with Crippen LogP contribution in [0.25, 0.3) is 32.8 Å². The van der Waals surface area contributed by atoms with Gasteiger partial charge >= 0.3 is 6.01 Å². The van der Waals surface area contributed by atoms with Gasteiger partial charge in [-0.15, -0.1) is 18.8 Å². The molecule has 46 heavy (non-hydrogen) atoms. The summed E-state index contributed by atoms with van der Waals surface area (Å²) in [6.45, 7) is 5.05. The number of benzene rings is 3. The second-order valence-corrected chi connectivity index (χ2v) is 13.2. The van der Waals surface area contributed by atoms with Crippen molar-refractivity contribution in [1.29, 1.82) is 0 Å². The number of ether oxygens (including phenoxy) is 1. The van der Waals surface area contributed by atoms with Gasteiger partial charge in [0.1, 0.15) is 28.7 Å². The average molecular weight is 626 g/mol. The van der Waals surface area contributed by atoms with Gasteiger partial charge in [0, 0.05) is 59.4 Å². The Balaban J connectivity index is 1.41. The van der Waals surface area contributed by atoms with Crippen LogP contribution in [0.4, 0.5) is 19.0 Å². The van der Waals surface area contributed by atoms with Gasteiger partial charge in [0.15, 0.2) is 5.82 Å². The van der Waals surface area contributed by atoms with Gasteiger partial charge in [-0.1, -0.05) is 18.9 Å². The van der Waals surface area contributed by atoms with E-state index in [1.54, 1.807) is 0 Å². The smallest absolute Gasteiger partial charge is 0.319 e. The molecule has 7 nitrogen and oxygen atoms in total. The van der Waals surface area contributed by atoms with E-state index in [0.717, 1.165) is 31.9 Å². The van der Waals surface area contributed by atoms with Crippen molar-refractivity contribution in [3.63, 3.8) is 0 Å². The fourth-order valence-corrected chi connectivity index (χ4v) is 7.61. The standard InChI is InChI=1S/C36H34F3N5O2/c1-5-21-11-12-43(4)18-36(21,3)19-46-35-41-33-27(34(42-35)44-16-22-8-9-23(17-44)40-22)15-29(38)31(32(33)39)26-14-24(45)13-20-7-10-28(37)25(6-2)30(20)26/h1-2,7,10,13-15,21-23,40,45H,8-9,11-12,16-19H2,3-4H3/t21-,22-,23+,36+/m0/s1. The lowest BCUT2D eigenvalue weighted by Gasteiger charge is -2.42. The maximum absolute atomic E-state index is 16.9. The molecule has 4 atom stereocenters. The van der Waals surface area contributed by atoms with Crippen LogP contribution in [-0.2, 0) is 0 Å².